The summed E-state index contributed by atoms with van der Waals surface area (Å²) in [6, 6.07) is 3.89. The molecule has 1 aromatic rings. The minimum atomic E-state index is -0.694. The predicted molar refractivity (Wildman–Crippen MR) is 72.4 cm³/mol. The van der Waals surface area contributed by atoms with Gasteiger partial charge in [-0.25, -0.2) is 0 Å². The molecule has 5 heteroatoms. The fraction of sp³-hybridized carbons (Fsp3) is 0.571. The summed E-state index contributed by atoms with van der Waals surface area (Å²) < 4.78 is 4.82. The van der Waals surface area contributed by atoms with Crippen LogP contribution in [0.2, 0.25) is 0 Å². The van der Waals surface area contributed by atoms with Crippen LogP contribution in [0.25, 0.3) is 0 Å². The molecule has 0 radical (unpaired) electrons. The van der Waals surface area contributed by atoms with Gasteiger partial charge < -0.3 is 9.84 Å². The van der Waals surface area contributed by atoms with Crippen LogP contribution in [0.1, 0.15) is 25.8 Å². The van der Waals surface area contributed by atoms with Crippen molar-refractivity contribution in [3.05, 3.63) is 30.1 Å². The van der Waals surface area contributed by atoms with Crippen LogP contribution in [0, 0.1) is 0 Å². The average Bonchev–Trinajstić information content (AvgIpc) is 2.39. The van der Waals surface area contributed by atoms with Gasteiger partial charge in [0, 0.05) is 25.5 Å². The van der Waals surface area contributed by atoms with Gasteiger partial charge in [0.1, 0.15) is 0 Å². The Morgan fingerprint density at radius 2 is 2.11 bits per heavy atom. The van der Waals surface area contributed by atoms with Crippen molar-refractivity contribution in [3.63, 3.8) is 0 Å². The number of aliphatic hydroxyl groups excluding tert-OH is 1. The van der Waals surface area contributed by atoms with Gasteiger partial charge in [-0.3, -0.25) is 14.7 Å². The number of pyridine rings is 1. The molecule has 1 rings (SSSR count). The molecule has 1 atom stereocenters. The third-order valence-corrected chi connectivity index (χ3v) is 2.78. The fourth-order valence-electron chi connectivity index (χ4n) is 1.83. The van der Waals surface area contributed by atoms with Crippen molar-refractivity contribution in [2.75, 3.05) is 19.7 Å². The Balaban J connectivity index is 2.41. The Bertz CT molecular complexity index is 370. The van der Waals surface area contributed by atoms with Gasteiger partial charge in [0.2, 0.25) is 0 Å². The second kappa shape index (κ2) is 8.61. The molecule has 0 saturated heterocycles. The molecule has 0 aliphatic rings. The van der Waals surface area contributed by atoms with Crippen LogP contribution in [0.3, 0.4) is 0 Å². The third kappa shape index (κ3) is 6.31. The van der Waals surface area contributed by atoms with Crippen molar-refractivity contribution >= 4 is 5.97 Å². The molecule has 0 amide bonds. The Morgan fingerprint density at radius 1 is 1.42 bits per heavy atom. The van der Waals surface area contributed by atoms with Crippen LogP contribution < -0.4 is 0 Å². The zero-order valence-corrected chi connectivity index (χ0v) is 11.6. The van der Waals surface area contributed by atoms with Gasteiger partial charge in [-0.2, -0.15) is 0 Å². The van der Waals surface area contributed by atoms with Crippen molar-refractivity contribution in [2.45, 2.75) is 32.9 Å². The highest BCUT2D eigenvalue weighted by Crippen LogP contribution is 2.05. The maximum Gasteiger partial charge on any atom is 0.308 e. The van der Waals surface area contributed by atoms with Crippen molar-refractivity contribution < 1.29 is 14.6 Å². The number of likely N-dealkylation sites (N-methyl/N-ethyl adjacent to an activating group) is 1. The Labute approximate surface area is 114 Å². The van der Waals surface area contributed by atoms with E-state index >= 15 is 0 Å². The lowest BCUT2D eigenvalue weighted by Crippen LogP contribution is -2.33. The number of rotatable bonds is 8. The van der Waals surface area contributed by atoms with Crippen LogP contribution in [0.5, 0.6) is 0 Å². The van der Waals surface area contributed by atoms with E-state index < -0.39 is 6.10 Å². The molecule has 1 aromatic heterocycles. The summed E-state index contributed by atoms with van der Waals surface area (Å²) in [7, 11) is 0. The highest BCUT2D eigenvalue weighted by atomic mass is 16.5. The zero-order chi connectivity index (χ0) is 14.1. The molecule has 0 aliphatic carbocycles. The molecule has 1 heterocycles. The van der Waals surface area contributed by atoms with Crippen LogP contribution in [-0.2, 0) is 16.1 Å². The van der Waals surface area contributed by atoms with E-state index in [1.165, 1.54) is 0 Å². The molecular weight excluding hydrogens is 244 g/mol. The monoisotopic (exact) mass is 266 g/mol. The first kappa shape index (κ1) is 15.6. The molecule has 1 N–H and O–H groups in total. The smallest absolute Gasteiger partial charge is 0.308 e. The van der Waals surface area contributed by atoms with Gasteiger partial charge in [-0.15, -0.1) is 0 Å². The van der Waals surface area contributed by atoms with E-state index in [0.29, 0.717) is 13.2 Å². The number of carbonyl (C=O) groups excluding carboxylic acids is 1. The largest absolute Gasteiger partial charge is 0.466 e. The summed E-state index contributed by atoms with van der Waals surface area (Å²) in [5.74, 6) is -0.352. The molecule has 0 spiro atoms. The SMILES string of the molecule is CCOC(=O)CC(O)CN(CC)Cc1ccncc1. The minimum Gasteiger partial charge on any atom is -0.466 e. The summed E-state index contributed by atoms with van der Waals surface area (Å²) in [6.45, 7) is 6.13. The van der Waals surface area contributed by atoms with Crippen molar-refractivity contribution in [3.8, 4) is 0 Å². The van der Waals surface area contributed by atoms with Crippen molar-refractivity contribution in [1.82, 2.24) is 9.88 Å². The van der Waals surface area contributed by atoms with E-state index in [1.807, 2.05) is 19.1 Å². The number of carbonyl (C=O) groups is 1. The van der Waals surface area contributed by atoms with E-state index in [9.17, 15) is 9.90 Å². The number of hydrogen-bond acceptors (Lipinski definition) is 5. The quantitative estimate of drug-likeness (QED) is 0.717. The van der Waals surface area contributed by atoms with Crippen molar-refractivity contribution in [2.24, 2.45) is 0 Å². The number of aromatic nitrogens is 1. The van der Waals surface area contributed by atoms with E-state index in [1.54, 1.807) is 19.3 Å². The third-order valence-electron chi connectivity index (χ3n) is 2.78. The van der Waals surface area contributed by atoms with E-state index in [-0.39, 0.29) is 12.4 Å². The summed E-state index contributed by atoms with van der Waals surface area (Å²) in [6.07, 6.45) is 2.85. The Hall–Kier alpha value is -1.46. The number of hydrogen-bond donors (Lipinski definition) is 1. The number of ether oxygens (including phenoxy) is 1. The van der Waals surface area contributed by atoms with Crippen LogP contribution in [0.4, 0.5) is 0 Å². The summed E-state index contributed by atoms with van der Waals surface area (Å²) in [4.78, 5) is 17.3. The molecule has 0 bridgehead atoms. The fourth-order valence-corrected chi connectivity index (χ4v) is 1.83. The first-order valence-corrected chi connectivity index (χ1v) is 6.60. The molecule has 19 heavy (non-hydrogen) atoms. The van der Waals surface area contributed by atoms with Crippen LogP contribution in [-0.4, -0.2) is 46.8 Å². The normalized spacial score (nSPS) is 12.4. The first-order chi connectivity index (χ1) is 9.15. The first-order valence-electron chi connectivity index (χ1n) is 6.60. The predicted octanol–water partition coefficient (Wildman–Crippen LogP) is 1.22. The van der Waals surface area contributed by atoms with Crippen LogP contribution in [0.15, 0.2) is 24.5 Å². The zero-order valence-electron chi connectivity index (χ0n) is 11.6. The summed E-state index contributed by atoms with van der Waals surface area (Å²) in [5.41, 5.74) is 1.14. The van der Waals surface area contributed by atoms with Crippen LogP contribution >= 0.6 is 0 Å². The molecule has 0 fully saturated rings. The second-order valence-electron chi connectivity index (χ2n) is 4.35. The topological polar surface area (TPSA) is 62.7 Å². The van der Waals surface area contributed by atoms with Gasteiger partial charge in [-0.05, 0) is 31.2 Å². The number of nitrogens with zero attached hydrogens (tertiary/aromatic N) is 2. The highest BCUT2D eigenvalue weighted by molar-refractivity contribution is 5.69. The van der Waals surface area contributed by atoms with Gasteiger partial charge in [0.25, 0.3) is 0 Å². The molecular formula is C14H22N2O3. The minimum absolute atomic E-state index is 0.0423. The molecule has 0 saturated carbocycles. The second-order valence-corrected chi connectivity index (χ2v) is 4.35. The molecule has 106 valence electrons. The van der Waals surface area contributed by atoms with Crippen molar-refractivity contribution in [1.29, 1.82) is 0 Å². The molecule has 5 nitrogen and oxygen atoms in total. The molecule has 0 aliphatic heterocycles. The van der Waals surface area contributed by atoms with Gasteiger partial charge in [-0.1, -0.05) is 6.92 Å². The lowest BCUT2D eigenvalue weighted by atomic mass is 10.2. The van der Waals surface area contributed by atoms with Gasteiger partial charge in [0.05, 0.1) is 19.1 Å². The summed E-state index contributed by atoms with van der Waals surface area (Å²) in [5, 5.41) is 9.87. The van der Waals surface area contributed by atoms with Gasteiger partial charge in [0.15, 0.2) is 0 Å². The standard InChI is InChI=1S/C14H22N2O3/c1-3-16(10-12-5-7-15-8-6-12)11-13(17)9-14(18)19-4-2/h5-8,13,17H,3-4,9-11H2,1-2H3. The lowest BCUT2D eigenvalue weighted by molar-refractivity contribution is -0.145. The Morgan fingerprint density at radius 3 is 2.68 bits per heavy atom. The summed E-state index contributed by atoms with van der Waals surface area (Å²) >= 11 is 0. The molecule has 0 aromatic carbocycles. The van der Waals surface area contributed by atoms with E-state index in [4.69, 9.17) is 4.74 Å². The highest BCUT2D eigenvalue weighted by Gasteiger charge is 2.15. The van der Waals surface area contributed by atoms with E-state index in [2.05, 4.69) is 9.88 Å². The molecule has 1 unspecified atom stereocenters. The number of aliphatic hydroxyl groups is 1. The van der Waals surface area contributed by atoms with Gasteiger partial charge >= 0.3 is 5.97 Å². The Kier molecular flexibility index (Phi) is 7.07. The number of esters is 1. The van der Waals surface area contributed by atoms with E-state index in [0.717, 1.165) is 18.7 Å². The lowest BCUT2D eigenvalue weighted by Gasteiger charge is -2.23. The maximum atomic E-state index is 11.3. The average molecular weight is 266 g/mol. The maximum absolute atomic E-state index is 11.3.